The summed E-state index contributed by atoms with van der Waals surface area (Å²) in [5.41, 5.74) is -1.69. The molecule has 1 amide bonds. The minimum Gasteiger partial charge on any atom is -0.376 e. The average molecular weight is 454 g/mol. The molecule has 1 fully saturated rings. The van der Waals surface area contributed by atoms with Gasteiger partial charge < -0.3 is 10.4 Å². The highest BCUT2D eigenvalue weighted by atomic mass is 32.2. The lowest BCUT2D eigenvalue weighted by Gasteiger charge is -2.26. The van der Waals surface area contributed by atoms with Crippen LogP contribution in [0.1, 0.15) is 42.5 Å². The number of rotatable bonds is 5. The number of aliphatic hydroxyl groups is 1. The third-order valence-electron chi connectivity index (χ3n) is 5.74. The molecule has 2 aliphatic rings. The lowest BCUT2D eigenvalue weighted by Crippen LogP contribution is -2.39. The highest BCUT2D eigenvalue weighted by Crippen LogP contribution is 2.39. The molecule has 1 aliphatic heterocycles. The number of hydrogen-bond donors (Lipinski definition) is 3. The van der Waals surface area contributed by atoms with Crippen LogP contribution in [-0.4, -0.2) is 30.9 Å². The summed E-state index contributed by atoms with van der Waals surface area (Å²) in [6, 6.07) is 8.79. The molecular formula is C21H21F3N2O4S. The van der Waals surface area contributed by atoms with E-state index in [4.69, 9.17) is 0 Å². The number of hydrogen-bond acceptors (Lipinski definition) is 5. The molecule has 6 nitrogen and oxygen atoms in total. The quantitative estimate of drug-likeness (QED) is 0.645. The van der Waals surface area contributed by atoms with E-state index in [9.17, 15) is 31.5 Å². The summed E-state index contributed by atoms with van der Waals surface area (Å²) >= 11 is 0. The molecule has 1 heterocycles. The average Bonchev–Trinajstić information content (AvgIpc) is 3.47. The molecule has 4 rings (SSSR count). The standard InChI is InChI=1S/C21H21F3N2O4S/c1-20(28,21(22,23)24)13-2-4-14(5-3-13)26-19(27)18-17-9-8-16(10-12(17)11-25-18)31(29,30)15-6-7-15/h2-5,8-10,15,18,25,28H,6-7,11H2,1H3,(H,26,27). The van der Waals surface area contributed by atoms with Crippen LogP contribution in [0.4, 0.5) is 18.9 Å². The fraction of sp³-hybridized carbons (Fsp3) is 0.381. The predicted octanol–water partition coefficient (Wildman–Crippen LogP) is 3.18. The second-order valence-corrected chi connectivity index (χ2v) is 10.3. The third kappa shape index (κ3) is 3.95. The first-order valence-corrected chi connectivity index (χ1v) is 11.3. The van der Waals surface area contributed by atoms with Gasteiger partial charge in [-0.25, -0.2) is 8.42 Å². The van der Waals surface area contributed by atoms with Crippen LogP contribution in [0.5, 0.6) is 0 Å². The van der Waals surface area contributed by atoms with Gasteiger partial charge in [-0.3, -0.25) is 10.1 Å². The van der Waals surface area contributed by atoms with Gasteiger partial charge in [0.15, 0.2) is 15.4 Å². The van der Waals surface area contributed by atoms with Gasteiger partial charge in [0.2, 0.25) is 5.91 Å². The smallest absolute Gasteiger partial charge is 0.376 e. The van der Waals surface area contributed by atoms with Crippen LogP contribution in [0.2, 0.25) is 0 Å². The van der Waals surface area contributed by atoms with E-state index in [2.05, 4.69) is 10.6 Å². The van der Waals surface area contributed by atoms with Crippen molar-refractivity contribution in [2.75, 3.05) is 5.32 Å². The van der Waals surface area contributed by atoms with E-state index in [0.29, 0.717) is 31.9 Å². The summed E-state index contributed by atoms with van der Waals surface area (Å²) in [7, 11) is -3.33. The zero-order chi connectivity index (χ0) is 22.6. The van der Waals surface area contributed by atoms with Crippen LogP contribution in [0.25, 0.3) is 0 Å². The minimum absolute atomic E-state index is 0.254. The molecule has 31 heavy (non-hydrogen) atoms. The normalized spacial score (nSPS) is 20.7. The van der Waals surface area contributed by atoms with E-state index >= 15 is 0 Å². The van der Waals surface area contributed by atoms with Crippen LogP contribution in [-0.2, 0) is 26.8 Å². The van der Waals surface area contributed by atoms with Crippen LogP contribution >= 0.6 is 0 Å². The lowest BCUT2D eigenvalue weighted by molar-refractivity contribution is -0.258. The van der Waals surface area contributed by atoms with Crippen LogP contribution < -0.4 is 10.6 Å². The molecule has 1 saturated carbocycles. The Kier molecular flexibility index (Phi) is 5.14. The Hall–Kier alpha value is -2.43. The topological polar surface area (TPSA) is 95.5 Å². The van der Waals surface area contributed by atoms with Crippen molar-refractivity contribution >= 4 is 21.4 Å². The summed E-state index contributed by atoms with van der Waals surface area (Å²) in [6.07, 6.45) is -3.50. The third-order valence-corrected chi connectivity index (χ3v) is 8.00. The van der Waals surface area contributed by atoms with Crippen LogP contribution in [0.3, 0.4) is 0 Å². The van der Waals surface area contributed by atoms with Gasteiger partial charge in [0.1, 0.15) is 6.04 Å². The van der Waals surface area contributed by atoms with Crippen molar-refractivity contribution in [1.29, 1.82) is 0 Å². The molecule has 2 unspecified atom stereocenters. The number of sulfone groups is 1. The molecule has 0 radical (unpaired) electrons. The number of fused-ring (bicyclic) bond motifs is 1. The van der Waals surface area contributed by atoms with Gasteiger partial charge in [0, 0.05) is 12.2 Å². The summed E-state index contributed by atoms with van der Waals surface area (Å²) in [4.78, 5) is 13.0. The van der Waals surface area contributed by atoms with Crippen LogP contribution in [0, 0.1) is 0 Å². The predicted molar refractivity (Wildman–Crippen MR) is 107 cm³/mol. The SMILES string of the molecule is CC(O)(c1ccc(NC(=O)C2NCc3cc(S(=O)(=O)C4CC4)ccc32)cc1)C(F)(F)F. The van der Waals surface area contributed by atoms with Crippen molar-refractivity contribution in [3.05, 3.63) is 59.2 Å². The summed E-state index contributed by atoms with van der Waals surface area (Å²) in [5.74, 6) is -0.424. The first-order valence-electron chi connectivity index (χ1n) is 9.72. The summed E-state index contributed by atoms with van der Waals surface area (Å²) < 4.78 is 63.7. The number of carbonyl (C=O) groups excluding carboxylic acids is 1. The van der Waals surface area contributed by atoms with Crippen molar-refractivity contribution in [2.24, 2.45) is 0 Å². The Morgan fingerprint density at radius 3 is 2.35 bits per heavy atom. The van der Waals surface area contributed by atoms with Crippen molar-refractivity contribution < 1.29 is 31.5 Å². The van der Waals surface area contributed by atoms with Crippen molar-refractivity contribution in [3.63, 3.8) is 0 Å². The largest absolute Gasteiger partial charge is 0.421 e. The number of carbonyl (C=O) groups is 1. The van der Waals surface area contributed by atoms with E-state index in [0.717, 1.165) is 17.7 Å². The zero-order valence-electron chi connectivity index (χ0n) is 16.5. The van der Waals surface area contributed by atoms with Crippen LogP contribution in [0.15, 0.2) is 47.4 Å². The van der Waals surface area contributed by atoms with Gasteiger partial charge >= 0.3 is 6.18 Å². The number of amides is 1. The molecular weight excluding hydrogens is 433 g/mol. The Bertz CT molecular complexity index is 1120. The number of benzene rings is 2. The van der Waals surface area contributed by atoms with E-state index in [1.807, 2.05) is 0 Å². The Balaban J connectivity index is 1.48. The van der Waals surface area contributed by atoms with Gasteiger partial charge in [-0.15, -0.1) is 0 Å². The Morgan fingerprint density at radius 2 is 1.77 bits per heavy atom. The maximum absolute atomic E-state index is 13.0. The van der Waals surface area contributed by atoms with Gasteiger partial charge in [0.05, 0.1) is 10.1 Å². The molecule has 3 N–H and O–H groups in total. The van der Waals surface area contributed by atoms with E-state index in [-0.39, 0.29) is 21.4 Å². The second-order valence-electron chi connectivity index (χ2n) is 8.06. The fourth-order valence-corrected chi connectivity index (χ4v) is 5.28. The number of alkyl halides is 3. The molecule has 10 heteroatoms. The number of halogens is 3. The maximum atomic E-state index is 13.0. The lowest BCUT2D eigenvalue weighted by atomic mass is 9.95. The molecule has 0 bridgehead atoms. The molecule has 1 aliphatic carbocycles. The summed E-state index contributed by atoms with van der Waals surface area (Å²) in [5, 5.41) is 15.1. The Morgan fingerprint density at radius 1 is 1.13 bits per heavy atom. The highest BCUT2D eigenvalue weighted by Gasteiger charge is 2.51. The van der Waals surface area contributed by atoms with E-state index in [1.165, 1.54) is 18.2 Å². The monoisotopic (exact) mass is 454 g/mol. The Labute approximate surface area is 177 Å². The minimum atomic E-state index is -4.83. The maximum Gasteiger partial charge on any atom is 0.421 e. The summed E-state index contributed by atoms with van der Waals surface area (Å²) in [6.45, 7) is 0.993. The first-order chi connectivity index (χ1) is 14.4. The molecule has 0 spiro atoms. The first kappa shape index (κ1) is 21.8. The molecule has 0 aromatic heterocycles. The van der Waals surface area contributed by atoms with E-state index < -0.39 is 33.6 Å². The molecule has 2 aromatic carbocycles. The zero-order valence-corrected chi connectivity index (χ0v) is 17.3. The van der Waals surface area contributed by atoms with Gasteiger partial charge in [0.25, 0.3) is 0 Å². The molecule has 2 atom stereocenters. The molecule has 0 saturated heterocycles. The molecule has 166 valence electrons. The second kappa shape index (κ2) is 7.32. The number of anilines is 1. The van der Waals surface area contributed by atoms with E-state index in [1.54, 1.807) is 12.1 Å². The van der Waals surface area contributed by atoms with Gasteiger partial charge in [-0.1, -0.05) is 18.2 Å². The van der Waals surface area contributed by atoms with Crippen molar-refractivity contribution in [3.8, 4) is 0 Å². The van der Waals surface area contributed by atoms with Gasteiger partial charge in [-0.05, 0) is 60.7 Å². The highest BCUT2D eigenvalue weighted by molar-refractivity contribution is 7.92. The molecule has 2 aromatic rings. The van der Waals surface area contributed by atoms with Crippen molar-refractivity contribution in [2.45, 2.75) is 54.3 Å². The fourth-order valence-electron chi connectivity index (χ4n) is 3.58. The van der Waals surface area contributed by atoms with Gasteiger partial charge in [-0.2, -0.15) is 13.2 Å². The van der Waals surface area contributed by atoms with Crippen molar-refractivity contribution in [1.82, 2.24) is 5.32 Å². The number of nitrogens with one attached hydrogen (secondary N) is 2.